The lowest BCUT2D eigenvalue weighted by molar-refractivity contribution is -0.114. The molecule has 0 heterocycles. The number of rotatable bonds is 3. The second-order valence-electron chi connectivity index (χ2n) is 3.31. The van der Waals surface area contributed by atoms with Crippen LogP contribution in [0.1, 0.15) is 0 Å². The van der Waals surface area contributed by atoms with Crippen LogP contribution in [0.15, 0.2) is 22.7 Å². The Labute approximate surface area is 97.6 Å². The Bertz CT molecular complexity index is 366. The molecule has 0 saturated carbocycles. The van der Waals surface area contributed by atoms with E-state index in [-0.39, 0.29) is 12.5 Å². The molecule has 1 rings (SSSR count). The standard InChI is InChI=1S/C10H14BrN3O/c1-14(2)9-4-3-7(11)5-8(9)13-10(15)6-12/h3-5H,6,12H2,1-2H3,(H,13,15). The molecule has 0 bridgehead atoms. The van der Waals surface area contributed by atoms with Crippen LogP contribution < -0.4 is 16.0 Å². The van der Waals surface area contributed by atoms with Crippen molar-refractivity contribution in [1.82, 2.24) is 0 Å². The summed E-state index contributed by atoms with van der Waals surface area (Å²) in [7, 11) is 3.84. The minimum Gasteiger partial charge on any atom is -0.376 e. The molecular formula is C10H14BrN3O. The highest BCUT2D eigenvalue weighted by atomic mass is 79.9. The summed E-state index contributed by atoms with van der Waals surface area (Å²) in [4.78, 5) is 13.1. The zero-order valence-corrected chi connectivity index (χ0v) is 10.3. The van der Waals surface area contributed by atoms with E-state index in [9.17, 15) is 4.79 Å². The Hall–Kier alpha value is -1.07. The zero-order chi connectivity index (χ0) is 11.4. The molecular weight excluding hydrogens is 258 g/mol. The molecule has 4 nitrogen and oxygen atoms in total. The Kier molecular flexibility index (Phi) is 4.11. The van der Waals surface area contributed by atoms with Gasteiger partial charge in [0.25, 0.3) is 0 Å². The lowest BCUT2D eigenvalue weighted by Gasteiger charge is -2.18. The first-order chi connectivity index (χ1) is 7.04. The fourth-order valence-electron chi connectivity index (χ4n) is 1.20. The molecule has 0 atom stereocenters. The normalized spacial score (nSPS) is 9.87. The summed E-state index contributed by atoms with van der Waals surface area (Å²) in [5.41, 5.74) is 6.95. The molecule has 1 amide bonds. The molecule has 0 spiro atoms. The molecule has 0 fully saturated rings. The lowest BCUT2D eigenvalue weighted by Crippen LogP contribution is -2.23. The van der Waals surface area contributed by atoms with Crippen molar-refractivity contribution in [3.05, 3.63) is 22.7 Å². The molecule has 1 aromatic rings. The summed E-state index contributed by atoms with van der Waals surface area (Å²) >= 11 is 3.36. The third-order valence-corrected chi connectivity index (χ3v) is 2.39. The predicted molar refractivity (Wildman–Crippen MR) is 66.2 cm³/mol. The highest BCUT2D eigenvalue weighted by Gasteiger charge is 2.07. The second-order valence-corrected chi connectivity index (χ2v) is 4.22. The van der Waals surface area contributed by atoms with Crippen molar-refractivity contribution in [3.8, 4) is 0 Å². The number of nitrogens with two attached hydrogens (primary N) is 1. The molecule has 0 aromatic heterocycles. The largest absolute Gasteiger partial charge is 0.376 e. The van der Waals surface area contributed by atoms with E-state index in [2.05, 4.69) is 21.2 Å². The van der Waals surface area contributed by atoms with Crippen LogP contribution >= 0.6 is 15.9 Å². The van der Waals surface area contributed by atoms with E-state index >= 15 is 0 Å². The van der Waals surface area contributed by atoms with Gasteiger partial charge in [0.1, 0.15) is 0 Å². The predicted octanol–water partition coefficient (Wildman–Crippen LogP) is 1.41. The number of carbonyl (C=O) groups is 1. The molecule has 0 aliphatic carbocycles. The Morgan fingerprint density at radius 1 is 1.53 bits per heavy atom. The molecule has 82 valence electrons. The molecule has 0 aliphatic rings. The summed E-state index contributed by atoms with van der Waals surface area (Å²) in [6.07, 6.45) is 0. The van der Waals surface area contributed by atoms with Crippen molar-refractivity contribution in [1.29, 1.82) is 0 Å². The maximum absolute atomic E-state index is 11.2. The number of nitrogens with zero attached hydrogens (tertiary/aromatic N) is 1. The van der Waals surface area contributed by atoms with E-state index in [1.165, 1.54) is 0 Å². The number of carbonyl (C=O) groups excluding carboxylic acids is 1. The smallest absolute Gasteiger partial charge is 0.238 e. The van der Waals surface area contributed by atoms with Crippen LogP contribution in [-0.4, -0.2) is 26.5 Å². The minimum atomic E-state index is -0.198. The SMILES string of the molecule is CN(C)c1ccc(Br)cc1NC(=O)CN. The lowest BCUT2D eigenvalue weighted by atomic mass is 10.2. The highest BCUT2D eigenvalue weighted by molar-refractivity contribution is 9.10. The zero-order valence-electron chi connectivity index (χ0n) is 8.75. The van der Waals surface area contributed by atoms with Crippen LogP contribution in [0.5, 0.6) is 0 Å². The van der Waals surface area contributed by atoms with Crippen LogP contribution in [0.2, 0.25) is 0 Å². The number of hydrogen-bond donors (Lipinski definition) is 2. The Morgan fingerprint density at radius 2 is 2.20 bits per heavy atom. The van der Waals surface area contributed by atoms with Crippen molar-refractivity contribution in [3.63, 3.8) is 0 Å². The number of hydrogen-bond acceptors (Lipinski definition) is 3. The van der Waals surface area contributed by atoms with Crippen LogP contribution in [0.4, 0.5) is 11.4 Å². The van der Waals surface area contributed by atoms with Gasteiger partial charge in [-0.05, 0) is 18.2 Å². The average molecular weight is 272 g/mol. The summed E-state index contributed by atoms with van der Waals surface area (Å²) in [5.74, 6) is -0.198. The number of halogens is 1. The molecule has 1 aromatic carbocycles. The second kappa shape index (κ2) is 5.14. The van der Waals surface area contributed by atoms with Gasteiger partial charge in [-0.15, -0.1) is 0 Å². The quantitative estimate of drug-likeness (QED) is 0.874. The van der Waals surface area contributed by atoms with Gasteiger partial charge in [-0.3, -0.25) is 4.79 Å². The summed E-state index contributed by atoms with van der Waals surface area (Å²) in [6.45, 7) is -0.0145. The third-order valence-electron chi connectivity index (χ3n) is 1.90. The van der Waals surface area contributed by atoms with Crippen molar-refractivity contribution < 1.29 is 4.79 Å². The van der Waals surface area contributed by atoms with Gasteiger partial charge in [-0.2, -0.15) is 0 Å². The van der Waals surface area contributed by atoms with Crippen molar-refractivity contribution in [2.75, 3.05) is 30.9 Å². The molecule has 0 saturated heterocycles. The van der Waals surface area contributed by atoms with Gasteiger partial charge in [0.15, 0.2) is 0 Å². The van der Waals surface area contributed by atoms with Gasteiger partial charge in [-0.25, -0.2) is 0 Å². The maximum atomic E-state index is 11.2. The molecule has 0 aliphatic heterocycles. The van der Waals surface area contributed by atoms with E-state index < -0.39 is 0 Å². The van der Waals surface area contributed by atoms with Gasteiger partial charge in [0.05, 0.1) is 17.9 Å². The van der Waals surface area contributed by atoms with E-state index in [4.69, 9.17) is 5.73 Å². The third kappa shape index (κ3) is 3.21. The molecule has 0 radical (unpaired) electrons. The first-order valence-electron chi connectivity index (χ1n) is 4.51. The van der Waals surface area contributed by atoms with Crippen molar-refractivity contribution in [2.24, 2.45) is 5.73 Å². The van der Waals surface area contributed by atoms with Crippen LogP contribution in [-0.2, 0) is 4.79 Å². The number of anilines is 2. The van der Waals surface area contributed by atoms with Crippen LogP contribution in [0, 0.1) is 0 Å². The monoisotopic (exact) mass is 271 g/mol. The first kappa shape index (κ1) is 12.0. The molecule has 5 heteroatoms. The Morgan fingerprint density at radius 3 is 2.73 bits per heavy atom. The Balaban J connectivity index is 3.02. The summed E-state index contributed by atoms with van der Waals surface area (Å²) in [6, 6.07) is 5.70. The number of amides is 1. The van der Waals surface area contributed by atoms with E-state index in [1.54, 1.807) is 0 Å². The molecule has 3 N–H and O–H groups in total. The topological polar surface area (TPSA) is 58.4 Å². The highest BCUT2D eigenvalue weighted by Crippen LogP contribution is 2.27. The maximum Gasteiger partial charge on any atom is 0.238 e. The summed E-state index contributed by atoms with van der Waals surface area (Å²) < 4.78 is 0.917. The fourth-order valence-corrected chi connectivity index (χ4v) is 1.56. The average Bonchev–Trinajstić information content (AvgIpc) is 2.17. The minimum absolute atomic E-state index is 0.0145. The molecule has 0 unspecified atom stereocenters. The van der Waals surface area contributed by atoms with Crippen LogP contribution in [0.25, 0.3) is 0 Å². The van der Waals surface area contributed by atoms with Gasteiger partial charge in [0, 0.05) is 18.6 Å². The van der Waals surface area contributed by atoms with Gasteiger partial charge < -0.3 is 16.0 Å². The van der Waals surface area contributed by atoms with E-state index in [1.807, 2.05) is 37.2 Å². The van der Waals surface area contributed by atoms with Crippen molar-refractivity contribution in [2.45, 2.75) is 0 Å². The number of benzene rings is 1. The van der Waals surface area contributed by atoms with Gasteiger partial charge in [0.2, 0.25) is 5.91 Å². The van der Waals surface area contributed by atoms with E-state index in [0.717, 1.165) is 15.8 Å². The van der Waals surface area contributed by atoms with Gasteiger partial charge >= 0.3 is 0 Å². The van der Waals surface area contributed by atoms with Gasteiger partial charge in [-0.1, -0.05) is 15.9 Å². The van der Waals surface area contributed by atoms with E-state index in [0.29, 0.717) is 0 Å². The first-order valence-corrected chi connectivity index (χ1v) is 5.30. The fraction of sp³-hybridized carbons (Fsp3) is 0.300. The molecule has 15 heavy (non-hydrogen) atoms. The number of nitrogens with one attached hydrogen (secondary N) is 1. The van der Waals surface area contributed by atoms with Crippen molar-refractivity contribution >= 4 is 33.2 Å². The summed E-state index contributed by atoms with van der Waals surface area (Å²) in [5, 5.41) is 2.75. The van der Waals surface area contributed by atoms with Crippen LogP contribution in [0.3, 0.4) is 0 Å².